The quantitative estimate of drug-likeness (QED) is 0.633. The first kappa shape index (κ1) is 20.3. The summed E-state index contributed by atoms with van der Waals surface area (Å²) in [6, 6.07) is 8.30. The van der Waals surface area contributed by atoms with Crippen LogP contribution in [-0.2, 0) is 6.54 Å². The van der Waals surface area contributed by atoms with Gasteiger partial charge < -0.3 is 15.0 Å². The number of fused-ring (bicyclic) bond motifs is 2. The van der Waals surface area contributed by atoms with Crippen LogP contribution in [0.1, 0.15) is 38.7 Å². The number of rotatable bonds is 3. The van der Waals surface area contributed by atoms with Gasteiger partial charge in [-0.1, -0.05) is 13.3 Å². The maximum absolute atomic E-state index is 14.6. The minimum absolute atomic E-state index is 0.0450. The number of anilines is 2. The molecule has 1 aliphatic rings. The van der Waals surface area contributed by atoms with Crippen molar-refractivity contribution in [2.24, 2.45) is 0 Å². The van der Waals surface area contributed by atoms with Crippen molar-refractivity contribution in [1.82, 2.24) is 9.97 Å². The maximum Gasteiger partial charge on any atom is 0.166 e. The number of unbranched alkanes of at least 4 members (excludes halogenated alkanes) is 1. The zero-order valence-corrected chi connectivity index (χ0v) is 17.3. The van der Waals surface area contributed by atoms with E-state index in [1.54, 1.807) is 6.07 Å². The molecule has 4 rings (SSSR count). The van der Waals surface area contributed by atoms with Gasteiger partial charge in [-0.05, 0) is 43.7 Å². The Morgan fingerprint density at radius 1 is 1.23 bits per heavy atom. The number of hydrogen-bond acceptors (Lipinski definition) is 5. The molecule has 158 valence electrons. The van der Waals surface area contributed by atoms with Crippen LogP contribution in [0.5, 0.6) is 5.75 Å². The second kappa shape index (κ2) is 8.81. The van der Waals surface area contributed by atoms with E-state index < -0.39 is 5.82 Å². The van der Waals surface area contributed by atoms with E-state index in [4.69, 9.17) is 9.72 Å². The smallest absolute Gasteiger partial charge is 0.166 e. The van der Waals surface area contributed by atoms with Crippen LogP contribution in [0.4, 0.5) is 20.3 Å². The largest absolute Gasteiger partial charge is 0.493 e. The molecule has 30 heavy (non-hydrogen) atoms. The molecule has 0 radical (unpaired) electrons. The van der Waals surface area contributed by atoms with Gasteiger partial charge in [0.05, 0.1) is 18.3 Å². The van der Waals surface area contributed by atoms with E-state index in [9.17, 15) is 8.78 Å². The second-order valence-electron chi connectivity index (χ2n) is 7.73. The summed E-state index contributed by atoms with van der Waals surface area (Å²) in [5, 5.41) is 3.24. The van der Waals surface area contributed by atoms with E-state index in [2.05, 4.69) is 22.1 Å². The second-order valence-corrected chi connectivity index (χ2v) is 7.73. The van der Waals surface area contributed by atoms with Crippen molar-refractivity contribution >= 4 is 22.5 Å². The lowest BCUT2D eigenvalue weighted by atomic mass is 10.1. The summed E-state index contributed by atoms with van der Waals surface area (Å²) in [7, 11) is 0. The fourth-order valence-electron chi connectivity index (χ4n) is 3.65. The van der Waals surface area contributed by atoms with Crippen molar-refractivity contribution in [3.05, 3.63) is 53.7 Å². The topological polar surface area (TPSA) is 50.3 Å². The summed E-state index contributed by atoms with van der Waals surface area (Å²) in [6.45, 7) is 5.72. The molecule has 0 unspecified atom stereocenters. The summed E-state index contributed by atoms with van der Waals surface area (Å²) in [5.41, 5.74) is 2.25. The highest BCUT2D eigenvalue weighted by Gasteiger charge is 2.18. The number of benzene rings is 1. The molecule has 2 bridgehead atoms. The van der Waals surface area contributed by atoms with Gasteiger partial charge in [0.2, 0.25) is 0 Å². The number of pyridine rings is 2. The fraction of sp³-hybridized carbons (Fsp3) is 0.391. The Kier molecular flexibility index (Phi) is 5.97. The Labute approximate surface area is 175 Å². The Balaban J connectivity index is 1.85. The normalized spacial score (nSPS) is 16.8. The monoisotopic (exact) mass is 412 g/mol. The summed E-state index contributed by atoms with van der Waals surface area (Å²) in [4.78, 5) is 11.0. The molecule has 0 saturated carbocycles. The van der Waals surface area contributed by atoms with E-state index in [-0.39, 0.29) is 11.9 Å². The molecule has 5 nitrogen and oxygen atoms in total. The zero-order valence-electron chi connectivity index (χ0n) is 17.3. The predicted molar refractivity (Wildman–Crippen MR) is 115 cm³/mol. The minimum atomic E-state index is -0.430. The number of aromatic nitrogens is 2. The number of hydrogen-bond donors (Lipinski definition) is 1. The average Bonchev–Trinajstić information content (AvgIpc) is 2.74. The number of ether oxygens (including phenoxy) is 1. The molecule has 0 amide bonds. The van der Waals surface area contributed by atoms with E-state index in [0.717, 1.165) is 24.9 Å². The van der Waals surface area contributed by atoms with Crippen molar-refractivity contribution in [2.75, 3.05) is 23.4 Å². The summed E-state index contributed by atoms with van der Waals surface area (Å²) in [5.74, 6) is 0.636. The van der Waals surface area contributed by atoms with Gasteiger partial charge in [-0.15, -0.1) is 0 Å². The summed E-state index contributed by atoms with van der Waals surface area (Å²) in [6.07, 6.45) is 3.84. The van der Waals surface area contributed by atoms with Crippen LogP contribution in [0.3, 0.4) is 0 Å². The standard InChI is InChI=1S/C23H26F2N4O/c1-3-4-10-29-14-16-12-17(24)5-7-20(16)30-11-9-15(2)27-22-18(25)13-26-19-6-8-21(29)28-23(19)22/h5-8,12-13,15,27H,3-4,9-11,14H2,1-2H3/t15-/m1/s1. The first-order chi connectivity index (χ1) is 14.5. The van der Waals surface area contributed by atoms with E-state index >= 15 is 0 Å². The third kappa shape index (κ3) is 4.30. The molecule has 1 aliphatic heterocycles. The van der Waals surface area contributed by atoms with Gasteiger partial charge >= 0.3 is 0 Å². The van der Waals surface area contributed by atoms with Gasteiger partial charge in [-0.3, -0.25) is 4.98 Å². The summed E-state index contributed by atoms with van der Waals surface area (Å²) < 4.78 is 34.6. The average molecular weight is 412 g/mol. The molecule has 3 heterocycles. The van der Waals surface area contributed by atoms with Gasteiger partial charge in [0.25, 0.3) is 0 Å². The van der Waals surface area contributed by atoms with Gasteiger partial charge in [-0.25, -0.2) is 13.8 Å². The molecule has 0 fully saturated rings. The predicted octanol–water partition coefficient (Wildman–Crippen LogP) is 5.30. The van der Waals surface area contributed by atoms with E-state index in [0.29, 0.717) is 47.9 Å². The lowest BCUT2D eigenvalue weighted by molar-refractivity contribution is 0.300. The van der Waals surface area contributed by atoms with Gasteiger partial charge in [0, 0.05) is 31.1 Å². The molecule has 7 heteroatoms. The van der Waals surface area contributed by atoms with Gasteiger partial charge in [0.15, 0.2) is 5.82 Å². The van der Waals surface area contributed by atoms with Crippen molar-refractivity contribution in [2.45, 2.75) is 45.7 Å². The van der Waals surface area contributed by atoms with Crippen LogP contribution in [0.2, 0.25) is 0 Å². The van der Waals surface area contributed by atoms with Crippen molar-refractivity contribution in [3.63, 3.8) is 0 Å². The van der Waals surface area contributed by atoms with Gasteiger partial charge in [0.1, 0.15) is 28.6 Å². The Bertz CT molecular complexity index is 1040. The maximum atomic E-state index is 14.6. The molecule has 1 N–H and O–H groups in total. The Morgan fingerprint density at radius 3 is 2.93 bits per heavy atom. The molecule has 0 aliphatic carbocycles. The van der Waals surface area contributed by atoms with Crippen LogP contribution in [-0.4, -0.2) is 29.2 Å². The first-order valence-corrected chi connectivity index (χ1v) is 10.4. The highest BCUT2D eigenvalue weighted by molar-refractivity contribution is 5.89. The number of nitrogens with zero attached hydrogens (tertiary/aromatic N) is 3. The molecule has 1 atom stereocenters. The molecular formula is C23H26F2N4O. The van der Waals surface area contributed by atoms with Gasteiger partial charge in [-0.2, -0.15) is 0 Å². The number of nitrogens with one attached hydrogen (secondary N) is 1. The van der Waals surface area contributed by atoms with E-state index in [1.807, 2.05) is 19.1 Å². The summed E-state index contributed by atoms with van der Waals surface area (Å²) >= 11 is 0. The van der Waals surface area contributed by atoms with E-state index in [1.165, 1.54) is 18.3 Å². The number of halogens is 2. The highest BCUT2D eigenvalue weighted by atomic mass is 19.1. The first-order valence-electron chi connectivity index (χ1n) is 10.4. The molecule has 3 aromatic rings. The highest BCUT2D eigenvalue weighted by Crippen LogP contribution is 2.30. The van der Waals surface area contributed by atoms with Crippen molar-refractivity contribution in [1.29, 1.82) is 0 Å². The lowest BCUT2D eigenvalue weighted by Gasteiger charge is -2.25. The fourth-order valence-corrected chi connectivity index (χ4v) is 3.65. The molecular weight excluding hydrogens is 386 g/mol. The van der Waals surface area contributed by atoms with Crippen LogP contribution in [0.15, 0.2) is 36.5 Å². The third-order valence-electron chi connectivity index (χ3n) is 5.34. The van der Waals surface area contributed by atoms with Crippen LogP contribution in [0.25, 0.3) is 11.0 Å². The Hall–Kier alpha value is -2.96. The lowest BCUT2D eigenvalue weighted by Crippen LogP contribution is -2.25. The van der Waals surface area contributed by atoms with Crippen LogP contribution < -0.4 is 15.0 Å². The van der Waals surface area contributed by atoms with Crippen LogP contribution in [0, 0.1) is 11.6 Å². The molecule has 0 spiro atoms. The molecule has 0 saturated heterocycles. The van der Waals surface area contributed by atoms with Crippen LogP contribution >= 0.6 is 0 Å². The minimum Gasteiger partial charge on any atom is -0.493 e. The van der Waals surface area contributed by atoms with Crippen molar-refractivity contribution in [3.8, 4) is 5.75 Å². The third-order valence-corrected chi connectivity index (χ3v) is 5.34. The zero-order chi connectivity index (χ0) is 21.1. The van der Waals surface area contributed by atoms with Crippen molar-refractivity contribution < 1.29 is 13.5 Å². The Morgan fingerprint density at radius 2 is 2.10 bits per heavy atom. The molecule has 1 aromatic carbocycles. The molecule has 2 aromatic heterocycles. The SMILES string of the molecule is CCCCN1Cc2cc(F)ccc2OCC[C@@H](C)Nc2c(F)cnc3ccc1nc23.